The van der Waals surface area contributed by atoms with Gasteiger partial charge in [0, 0.05) is 25.4 Å². The van der Waals surface area contributed by atoms with Gasteiger partial charge in [0.1, 0.15) is 0 Å². The summed E-state index contributed by atoms with van der Waals surface area (Å²) in [5, 5.41) is 7.13. The van der Waals surface area contributed by atoms with E-state index in [1.165, 1.54) is 0 Å². The maximum Gasteiger partial charge on any atom is 0.222 e. The average molecular weight is 232 g/mol. The summed E-state index contributed by atoms with van der Waals surface area (Å²) in [6, 6.07) is 2.06. The zero-order chi connectivity index (χ0) is 12.3. The Bertz CT molecular complexity index is 507. The van der Waals surface area contributed by atoms with E-state index in [1.54, 1.807) is 10.9 Å². The molecule has 0 spiro atoms. The highest BCUT2D eigenvalue weighted by molar-refractivity contribution is 5.32. The molecule has 90 valence electrons. The molecular formula is C12H16N4O. The quantitative estimate of drug-likeness (QED) is 0.870. The van der Waals surface area contributed by atoms with Gasteiger partial charge in [-0.3, -0.25) is 4.68 Å². The first-order valence-electron chi connectivity index (χ1n) is 5.45. The smallest absolute Gasteiger partial charge is 0.222 e. The molecule has 0 amide bonds. The van der Waals surface area contributed by atoms with Crippen LogP contribution in [0.15, 0.2) is 24.7 Å². The number of aromatic nitrogens is 3. The van der Waals surface area contributed by atoms with Crippen LogP contribution >= 0.6 is 0 Å². The van der Waals surface area contributed by atoms with Crippen molar-refractivity contribution < 1.29 is 4.74 Å². The summed E-state index contributed by atoms with van der Waals surface area (Å²) >= 11 is 0. The van der Waals surface area contributed by atoms with Crippen molar-refractivity contribution in [3.8, 4) is 11.6 Å². The van der Waals surface area contributed by atoms with Crippen molar-refractivity contribution in [1.82, 2.24) is 20.1 Å². The number of ether oxygens (including phenoxy) is 1. The van der Waals surface area contributed by atoms with E-state index >= 15 is 0 Å². The Morgan fingerprint density at radius 2 is 2.24 bits per heavy atom. The highest BCUT2D eigenvalue weighted by atomic mass is 16.5. The van der Waals surface area contributed by atoms with Crippen molar-refractivity contribution in [3.05, 3.63) is 35.8 Å². The molecule has 2 heterocycles. The lowest BCUT2D eigenvalue weighted by atomic mass is 10.2. The third kappa shape index (κ3) is 2.82. The summed E-state index contributed by atoms with van der Waals surface area (Å²) in [4.78, 5) is 4.30. The Hall–Kier alpha value is -1.88. The van der Waals surface area contributed by atoms with Crippen molar-refractivity contribution in [2.75, 3.05) is 7.05 Å². The summed E-state index contributed by atoms with van der Waals surface area (Å²) in [6.07, 6.45) is 5.29. The molecule has 0 unspecified atom stereocenters. The van der Waals surface area contributed by atoms with E-state index < -0.39 is 0 Å². The number of hydrogen-bond donors (Lipinski definition) is 1. The predicted molar refractivity (Wildman–Crippen MR) is 65.0 cm³/mol. The maximum atomic E-state index is 5.65. The van der Waals surface area contributed by atoms with Gasteiger partial charge in [-0.25, -0.2) is 4.98 Å². The zero-order valence-electron chi connectivity index (χ0n) is 10.3. The van der Waals surface area contributed by atoms with Gasteiger partial charge >= 0.3 is 0 Å². The lowest BCUT2D eigenvalue weighted by molar-refractivity contribution is 0.457. The van der Waals surface area contributed by atoms with E-state index in [9.17, 15) is 0 Å². The summed E-state index contributed by atoms with van der Waals surface area (Å²) in [5.41, 5.74) is 2.16. The van der Waals surface area contributed by atoms with E-state index in [2.05, 4.69) is 21.5 Å². The van der Waals surface area contributed by atoms with Crippen LogP contribution in [0.4, 0.5) is 0 Å². The van der Waals surface area contributed by atoms with Crippen LogP contribution in [0, 0.1) is 6.92 Å². The van der Waals surface area contributed by atoms with Crippen LogP contribution in [0.2, 0.25) is 0 Å². The fourth-order valence-corrected chi connectivity index (χ4v) is 1.59. The fourth-order valence-electron chi connectivity index (χ4n) is 1.59. The Kier molecular flexibility index (Phi) is 3.39. The summed E-state index contributed by atoms with van der Waals surface area (Å²) in [5.74, 6) is 1.32. The molecule has 0 atom stereocenters. The molecule has 0 aromatic carbocycles. The average Bonchev–Trinajstić information content (AvgIpc) is 2.69. The van der Waals surface area contributed by atoms with Gasteiger partial charge in [0.2, 0.25) is 5.88 Å². The predicted octanol–water partition coefficient (Wildman–Crippen LogP) is 1.64. The molecule has 5 heteroatoms. The molecule has 2 aromatic heterocycles. The first-order valence-corrected chi connectivity index (χ1v) is 5.45. The topological polar surface area (TPSA) is 52.0 Å². The van der Waals surface area contributed by atoms with Crippen LogP contribution in [-0.4, -0.2) is 21.8 Å². The van der Waals surface area contributed by atoms with E-state index in [0.29, 0.717) is 11.6 Å². The standard InChI is InChI=1S/C12H16N4O/c1-9-4-10(5-13-2)6-14-12(9)17-11-7-15-16(3)8-11/h4,6-8,13H,5H2,1-3H3. The fraction of sp³-hybridized carbons (Fsp3) is 0.333. The van der Waals surface area contributed by atoms with Crippen LogP contribution in [0.5, 0.6) is 11.6 Å². The van der Waals surface area contributed by atoms with Crippen molar-refractivity contribution in [1.29, 1.82) is 0 Å². The van der Waals surface area contributed by atoms with Gasteiger partial charge in [-0.15, -0.1) is 0 Å². The molecule has 2 aromatic rings. The molecule has 2 rings (SSSR count). The van der Waals surface area contributed by atoms with E-state index in [1.807, 2.05) is 33.4 Å². The van der Waals surface area contributed by atoms with E-state index in [0.717, 1.165) is 17.7 Å². The molecule has 0 fully saturated rings. The second-order valence-electron chi connectivity index (χ2n) is 3.95. The van der Waals surface area contributed by atoms with E-state index in [-0.39, 0.29) is 0 Å². The molecule has 0 bridgehead atoms. The van der Waals surface area contributed by atoms with Gasteiger partial charge in [-0.05, 0) is 25.6 Å². The molecule has 0 aliphatic heterocycles. The maximum absolute atomic E-state index is 5.65. The van der Waals surface area contributed by atoms with Gasteiger partial charge in [-0.1, -0.05) is 0 Å². The normalized spacial score (nSPS) is 10.5. The molecule has 17 heavy (non-hydrogen) atoms. The molecule has 0 radical (unpaired) electrons. The third-order valence-electron chi connectivity index (χ3n) is 2.36. The zero-order valence-corrected chi connectivity index (χ0v) is 10.3. The lowest BCUT2D eigenvalue weighted by Crippen LogP contribution is -2.06. The van der Waals surface area contributed by atoms with Gasteiger partial charge in [0.25, 0.3) is 0 Å². The van der Waals surface area contributed by atoms with Crippen molar-refractivity contribution in [3.63, 3.8) is 0 Å². The molecule has 0 aliphatic rings. The SMILES string of the molecule is CNCc1cnc(Oc2cnn(C)c2)c(C)c1. The summed E-state index contributed by atoms with van der Waals surface area (Å²) < 4.78 is 7.34. The van der Waals surface area contributed by atoms with Gasteiger partial charge in [0.05, 0.1) is 12.4 Å². The number of pyridine rings is 1. The molecule has 0 saturated carbocycles. The van der Waals surface area contributed by atoms with Crippen LogP contribution in [-0.2, 0) is 13.6 Å². The molecule has 0 saturated heterocycles. The number of hydrogen-bond acceptors (Lipinski definition) is 4. The van der Waals surface area contributed by atoms with Crippen LogP contribution < -0.4 is 10.1 Å². The van der Waals surface area contributed by atoms with Crippen molar-refractivity contribution in [2.45, 2.75) is 13.5 Å². The minimum absolute atomic E-state index is 0.623. The van der Waals surface area contributed by atoms with Crippen LogP contribution in [0.3, 0.4) is 0 Å². The molecule has 0 aliphatic carbocycles. The number of aryl methyl sites for hydroxylation is 2. The Balaban J connectivity index is 2.16. The van der Waals surface area contributed by atoms with Crippen molar-refractivity contribution >= 4 is 0 Å². The molecule has 5 nitrogen and oxygen atoms in total. The minimum Gasteiger partial charge on any atom is -0.435 e. The molecule has 1 N–H and O–H groups in total. The Morgan fingerprint density at radius 1 is 1.41 bits per heavy atom. The number of nitrogens with one attached hydrogen (secondary N) is 1. The highest BCUT2D eigenvalue weighted by Crippen LogP contribution is 2.22. The summed E-state index contributed by atoms with van der Waals surface area (Å²) in [6.45, 7) is 2.79. The van der Waals surface area contributed by atoms with Gasteiger partial charge < -0.3 is 10.1 Å². The van der Waals surface area contributed by atoms with Crippen LogP contribution in [0.1, 0.15) is 11.1 Å². The Morgan fingerprint density at radius 3 is 2.82 bits per heavy atom. The van der Waals surface area contributed by atoms with E-state index in [4.69, 9.17) is 4.74 Å². The van der Waals surface area contributed by atoms with Gasteiger partial charge in [-0.2, -0.15) is 5.10 Å². The van der Waals surface area contributed by atoms with Gasteiger partial charge in [0.15, 0.2) is 5.75 Å². The Labute approximate surface area is 100 Å². The largest absolute Gasteiger partial charge is 0.435 e. The number of nitrogens with zero attached hydrogens (tertiary/aromatic N) is 3. The van der Waals surface area contributed by atoms with Crippen LogP contribution in [0.25, 0.3) is 0 Å². The monoisotopic (exact) mass is 232 g/mol. The number of rotatable bonds is 4. The first-order chi connectivity index (χ1) is 8.19. The first kappa shape index (κ1) is 11.6. The molecular weight excluding hydrogens is 216 g/mol. The highest BCUT2D eigenvalue weighted by Gasteiger charge is 2.05. The van der Waals surface area contributed by atoms with Crippen molar-refractivity contribution in [2.24, 2.45) is 7.05 Å². The second-order valence-corrected chi connectivity index (χ2v) is 3.95. The second kappa shape index (κ2) is 4.97. The minimum atomic E-state index is 0.623. The lowest BCUT2D eigenvalue weighted by Gasteiger charge is -2.07. The summed E-state index contributed by atoms with van der Waals surface area (Å²) in [7, 11) is 3.76. The third-order valence-corrected chi connectivity index (χ3v) is 2.36.